The van der Waals surface area contributed by atoms with Crippen LogP contribution in [0.3, 0.4) is 0 Å². The molecule has 5 rings (SSSR count). The molecule has 0 aromatic heterocycles. The fourth-order valence-corrected chi connectivity index (χ4v) is 7.91. The molecule has 0 aromatic rings. The summed E-state index contributed by atoms with van der Waals surface area (Å²) in [6, 6.07) is 0. The molecule has 5 unspecified atom stereocenters. The first-order chi connectivity index (χ1) is 12.0. The van der Waals surface area contributed by atoms with Gasteiger partial charge in [-0.3, -0.25) is 0 Å². The predicted octanol–water partition coefficient (Wildman–Crippen LogP) is 4.60. The minimum absolute atomic E-state index is 0.159. The van der Waals surface area contributed by atoms with Crippen molar-refractivity contribution in [1.29, 1.82) is 0 Å². The second kappa shape index (κ2) is 5.45. The molecule has 4 aliphatic carbocycles. The lowest BCUT2D eigenvalue weighted by molar-refractivity contribution is -0.228. The number of fused-ring (bicyclic) bond motifs is 5. The highest BCUT2D eigenvalue weighted by molar-refractivity contribution is 5.91. The van der Waals surface area contributed by atoms with Gasteiger partial charge in [0.1, 0.15) is 0 Å². The van der Waals surface area contributed by atoms with Crippen LogP contribution in [0.5, 0.6) is 0 Å². The molecule has 0 amide bonds. The zero-order chi connectivity index (χ0) is 17.3. The highest BCUT2D eigenvalue weighted by Gasteiger charge is 2.61. The Morgan fingerprint density at radius 1 is 0.960 bits per heavy atom. The van der Waals surface area contributed by atoms with Crippen molar-refractivity contribution in [3.63, 3.8) is 0 Å². The van der Waals surface area contributed by atoms with Gasteiger partial charge in [-0.05, 0) is 74.0 Å². The zero-order valence-corrected chi connectivity index (χ0v) is 15.8. The molecule has 0 radical (unpaired) electrons. The summed E-state index contributed by atoms with van der Waals surface area (Å²) < 4.78 is 12.1. The third kappa shape index (κ3) is 2.16. The van der Waals surface area contributed by atoms with E-state index in [2.05, 4.69) is 19.0 Å². The molecule has 5 fully saturated rings. The van der Waals surface area contributed by atoms with Gasteiger partial charge in [-0.25, -0.2) is 0 Å². The number of oxime groups is 1. The van der Waals surface area contributed by atoms with E-state index in [1.165, 1.54) is 38.5 Å². The fourth-order valence-electron chi connectivity index (χ4n) is 7.91. The molecule has 4 heteroatoms. The van der Waals surface area contributed by atoms with E-state index in [0.717, 1.165) is 61.9 Å². The number of ether oxygens (including phenoxy) is 2. The number of hydrogen-bond acceptors (Lipinski definition) is 4. The van der Waals surface area contributed by atoms with Gasteiger partial charge in [-0.2, -0.15) is 0 Å². The second-order valence-corrected chi connectivity index (χ2v) is 10.0. The van der Waals surface area contributed by atoms with Gasteiger partial charge >= 0.3 is 0 Å². The zero-order valence-electron chi connectivity index (χ0n) is 15.8. The maximum absolute atomic E-state index is 9.48. The van der Waals surface area contributed by atoms with Crippen LogP contribution >= 0.6 is 0 Å². The summed E-state index contributed by atoms with van der Waals surface area (Å²) >= 11 is 0. The van der Waals surface area contributed by atoms with E-state index < -0.39 is 0 Å². The van der Waals surface area contributed by atoms with Gasteiger partial charge in [-0.1, -0.05) is 19.0 Å². The summed E-state index contributed by atoms with van der Waals surface area (Å²) in [6.07, 6.45) is 10.9. The molecule has 4 nitrogen and oxygen atoms in total. The highest BCUT2D eigenvalue weighted by Crippen LogP contribution is 2.66. The molecule has 1 spiro atoms. The molecule has 6 atom stereocenters. The third-order valence-electron chi connectivity index (χ3n) is 9.34. The van der Waals surface area contributed by atoms with Crippen molar-refractivity contribution in [2.75, 3.05) is 13.2 Å². The van der Waals surface area contributed by atoms with Crippen LogP contribution in [0, 0.1) is 34.5 Å². The average Bonchev–Trinajstić information content (AvgIpc) is 3.19. The van der Waals surface area contributed by atoms with Crippen LogP contribution < -0.4 is 0 Å². The highest BCUT2D eigenvalue weighted by atomic mass is 16.7. The van der Waals surface area contributed by atoms with Crippen molar-refractivity contribution in [2.24, 2.45) is 39.7 Å². The van der Waals surface area contributed by atoms with E-state index in [0.29, 0.717) is 5.41 Å². The summed E-state index contributed by atoms with van der Waals surface area (Å²) in [5.74, 6) is 2.88. The van der Waals surface area contributed by atoms with Crippen LogP contribution in [-0.2, 0) is 9.47 Å². The Hall–Kier alpha value is -0.610. The maximum atomic E-state index is 9.48. The van der Waals surface area contributed by atoms with Crippen molar-refractivity contribution in [3.05, 3.63) is 0 Å². The molecule has 1 N–H and O–H groups in total. The summed E-state index contributed by atoms with van der Waals surface area (Å²) in [5.41, 5.74) is 1.69. The van der Waals surface area contributed by atoms with E-state index in [9.17, 15) is 5.21 Å². The van der Waals surface area contributed by atoms with Gasteiger partial charge in [0.25, 0.3) is 0 Å². The van der Waals surface area contributed by atoms with Crippen molar-refractivity contribution in [2.45, 2.75) is 77.4 Å². The van der Waals surface area contributed by atoms with Crippen LogP contribution in [0.1, 0.15) is 71.6 Å². The molecule has 1 saturated heterocycles. The lowest BCUT2D eigenvalue weighted by Gasteiger charge is -2.61. The molecule has 1 heterocycles. The fraction of sp³-hybridized carbons (Fsp3) is 0.952. The Bertz CT molecular complexity index is 584. The smallest absolute Gasteiger partial charge is 0.168 e. The molecular formula is C21H33NO3. The van der Waals surface area contributed by atoms with Crippen LogP contribution in [0.2, 0.25) is 0 Å². The Kier molecular flexibility index (Phi) is 3.61. The van der Waals surface area contributed by atoms with E-state index in [1.54, 1.807) is 0 Å². The first kappa shape index (κ1) is 16.6. The van der Waals surface area contributed by atoms with Crippen molar-refractivity contribution in [3.8, 4) is 0 Å². The molecule has 5 aliphatic rings. The Labute approximate surface area is 151 Å². The molecule has 25 heavy (non-hydrogen) atoms. The monoisotopic (exact) mass is 347 g/mol. The summed E-state index contributed by atoms with van der Waals surface area (Å²) in [6.45, 7) is 6.51. The Morgan fingerprint density at radius 3 is 2.52 bits per heavy atom. The Balaban J connectivity index is 1.41. The minimum Gasteiger partial charge on any atom is -0.411 e. The van der Waals surface area contributed by atoms with Crippen molar-refractivity contribution < 1.29 is 14.7 Å². The van der Waals surface area contributed by atoms with E-state index in [1.807, 2.05) is 0 Å². The van der Waals surface area contributed by atoms with Crippen LogP contribution in [-0.4, -0.2) is 29.9 Å². The van der Waals surface area contributed by atoms with Gasteiger partial charge in [0.2, 0.25) is 0 Å². The second-order valence-electron chi connectivity index (χ2n) is 10.0. The van der Waals surface area contributed by atoms with Gasteiger partial charge in [0.05, 0.1) is 18.9 Å². The third-order valence-corrected chi connectivity index (χ3v) is 9.34. The largest absolute Gasteiger partial charge is 0.411 e. The van der Waals surface area contributed by atoms with E-state index in [4.69, 9.17) is 9.47 Å². The van der Waals surface area contributed by atoms with Crippen molar-refractivity contribution >= 4 is 5.71 Å². The first-order valence-corrected chi connectivity index (χ1v) is 10.5. The average molecular weight is 347 g/mol. The van der Waals surface area contributed by atoms with Gasteiger partial charge < -0.3 is 14.7 Å². The Morgan fingerprint density at radius 2 is 1.76 bits per heavy atom. The molecular weight excluding hydrogens is 314 g/mol. The first-order valence-electron chi connectivity index (χ1n) is 10.5. The lowest BCUT2D eigenvalue weighted by atomic mass is 9.45. The molecule has 0 aromatic carbocycles. The van der Waals surface area contributed by atoms with Gasteiger partial charge in [-0.15, -0.1) is 0 Å². The van der Waals surface area contributed by atoms with Gasteiger partial charge in [0, 0.05) is 18.3 Å². The van der Waals surface area contributed by atoms with Crippen molar-refractivity contribution in [1.82, 2.24) is 0 Å². The van der Waals surface area contributed by atoms with Crippen LogP contribution in [0.15, 0.2) is 5.16 Å². The standard InChI is InChI=1S/C21H33NO3/c1-19-9-10-21(24-11-12-25-21)13-14(19)3-4-15-16-5-6-18(22-23)20(16,2)8-7-17(15)19/h14-17,23H,3-13H2,1-2H3/b22-18+/t14-,15?,16?,17?,19?,20?/m1/s1. The number of hydrogen-bond donors (Lipinski definition) is 1. The summed E-state index contributed by atoms with van der Waals surface area (Å²) in [7, 11) is 0. The topological polar surface area (TPSA) is 51.0 Å². The lowest BCUT2D eigenvalue weighted by Crippen LogP contribution is -2.56. The van der Waals surface area contributed by atoms with Gasteiger partial charge in [0.15, 0.2) is 5.79 Å². The summed E-state index contributed by atoms with van der Waals surface area (Å²) in [5, 5.41) is 13.2. The SMILES string of the molecule is CC12CCC3C(CC[C@@H]4CC5(CCC34C)OCCO5)C1CC/C2=N\O. The van der Waals surface area contributed by atoms with E-state index >= 15 is 0 Å². The molecule has 4 saturated carbocycles. The maximum Gasteiger partial charge on any atom is 0.168 e. The van der Waals surface area contributed by atoms with Crippen LogP contribution in [0.4, 0.5) is 0 Å². The number of rotatable bonds is 0. The molecule has 1 aliphatic heterocycles. The molecule has 0 bridgehead atoms. The minimum atomic E-state index is -0.246. The molecule has 140 valence electrons. The quantitative estimate of drug-likeness (QED) is 0.514. The summed E-state index contributed by atoms with van der Waals surface area (Å²) in [4.78, 5) is 0. The normalized spacial score (nSPS) is 52.8. The van der Waals surface area contributed by atoms with Crippen LogP contribution in [0.25, 0.3) is 0 Å². The number of nitrogens with zero attached hydrogens (tertiary/aromatic N) is 1. The predicted molar refractivity (Wildman–Crippen MR) is 95.6 cm³/mol. The van der Waals surface area contributed by atoms with E-state index in [-0.39, 0.29) is 11.2 Å².